The van der Waals surface area contributed by atoms with Crippen LogP contribution in [-0.4, -0.2) is 36.6 Å². The van der Waals surface area contributed by atoms with Gasteiger partial charge in [-0.2, -0.15) is 0 Å². The Hall–Kier alpha value is -1.59. The average molecular weight is 403 g/mol. The molecule has 0 bridgehead atoms. The van der Waals surface area contributed by atoms with E-state index in [1.165, 1.54) is 5.56 Å². The van der Waals surface area contributed by atoms with Crippen molar-refractivity contribution in [2.24, 2.45) is 0 Å². The monoisotopic (exact) mass is 402 g/mol. The number of ether oxygens (including phenoxy) is 3. The van der Waals surface area contributed by atoms with Crippen LogP contribution in [0.5, 0.6) is 5.75 Å². The standard InChI is InChI=1S/C23H27ClO4/c1-15-10-19(25)13-23(27-15)17-4-7-22(24)18(12-17)11-16-2-5-20(6-3-16)28-21-8-9-26-14-21/h2-7,12,15,19,21,23,25H,8-11,13-14H2,1H3/t15-,19+,21+,23-/m1/s1. The van der Waals surface area contributed by atoms with Gasteiger partial charge in [0.1, 0.15) is 11.9 Å². The zero-order valence-corrected chi connectivity index (χ0v) is 16.9. The second-order valence-electron chi connectivity index (χ2n) is 7.84. The van der Waals surface area contributed by atoms with Gasteiger partial charge in [-0.15, -0.1) is 0 Å². The zero-order valence-electron chi connectivity index (χ0n) is 16.1. The molecule has 28 heavy (non-hydrogen) atoms. The molecule has 4 rings (SSSR count). The average Bonchev–Trinajstić information content (AvgIpc) is 3.17. The number of hydrogen-bond acceptors (Lipinski definition) is 4. The van der Waals surface area contributed by atoms with Crippen molar-refractivity contribution in [2.75, 3.05) is 13.2 Å². The van der Waals surface area contributed by atoms with Gasteiger partial charge in [-0.3, -0.25) is 0 Å². The van der Waals surface area contributed by atoms with E-state index in [4.69, 9.17) is 25.8 Å². The molecule has 2 aromatic carbocycles. The molecule has 2 aliphatic heterocycles. The molecule has 0 radical (unpaired) electrons. The highest BCUT2D eigenvalue weighted by Gasteiger charge is 2.27. The van der Waals surface area contributed by atoms with Crippen LogP contribution in [0, 0.1) is 0 Å². The van der Waals surface area contributed by atoms with Crippen molar-refractivity contribution in [3.63, 3.8) is 0 Å². The molecular formula is C23H27ClO4. The molecule has 4 atom stereocenters. The van der Waals surface area contributed by atoms with E-state index in [9.17, 15) is 5.11 Å². The van der Waals surface area contributed by atoms with Crippen molar-refractivity contribution >= 4 is 11.6 Å². The van der Waals surface area contributed by atoms with Crippen molar-refractivity contribution in [1.29, 1.82) is 0 Å². The molecule has 2 aromatic rings. The SMILES string of the molecule is C[C@@H]1C[C@H](O)C[C@H](c2ccc(Cl)c(Cc3ccc(O[C@H]4CCOC4)cc3)c2)O1. The second-order valence-corrected chi connectivity index (χ2v) is 8.24. The fraction of sp³-hybridized carbons (Fsp3) is 0.478. The molecule has 2 heterocycles. The van der Waals surface area contributed by atoms with Gasteiger partial charge in [-0.25, -0.2) is 0 Å². The van der Waals surface area contributed by atoms with Crippen molar-refractivity contribution in [2.45, 2.75) is 57.0 Å². The molecule has 0 aromatic heterocycles. The van der Waals surface area contributed by atoms with Crippen LogP contribution in [0.2, 0.25) is 5.02 Å². The Morgan fingerprint density at radius 1 is 1.14 bits per heavy atom. The van der Waals surface area contributed by atoms with Crippen LogP contribution in [0.15, 0.2) is 42.5 Å². The Morgan fingerprint density at radius 2 is 1.96 bits per heavy atom. The highest BCUT2D eigenvalue weighted by molar-refractivity contribution is 6.31. The molecule has 0 unspecified atom stereocenters. The number of hydrogen-bond donors (Lipinski definition) is 1. The fourth-order valence-electron chi connectivity index (χ4n) is 3.97. The first-order chi connectivity index (χ1) is 13.6. The molecular weight excluding hydrogens is 376 g/mol. The van der Waals surface area contributed by atoms with Crippen LogP contribution in [0.4, 0.5) is 0 Å². The van der Waals surface area contributed by atoms with Gasteiger partial charge in [0.2, 0.25) is 0 Å². The van der Waals surface area contributed by atoms with Crippen LogP contribution < -0.4 is 4.74 Å². The van der Waals surface area contributed by atoms with E-state index < -0.39 is 0 Å². The van der Waals surface area contributed by atoms with Crippen molar-refractivity contribution in [1.82, 2.24) is 0 Å². The maximum Gasteiger partial charge on any atom is 0.124 e. The molecule has 4 nitrogen and oxygen atoms in total. The molecule has 2 fully saturated rings. The number of aliphatic hydroxyl groups excluding tert-OH is 1. The van der Waals surface area contributed by atoms with Crippen LogP contribution >= 0.6 is 11.6 Å². The quantitative estimate of drug-likeness (QED) is 0.787. The molecule has 0 amide bonds. The smallest absolute Gasteiger partial charge is 0.124 e. The van der Waals surface area contributed by atoms with Crippen molar-refractivity contribution in [3.8, 4) is 5.75 Å². The summed E-state index contributed by atoms with van der Waals surface area (Å²) < 4.78 is 17.3. The largest absolute Gasteiger partial charge is 0.488 e. The molecule has 5 heteroatoms. The summed E-state index contributed by atoms with van der Waals surface area (Å²) in [5.41, 5.74) is 3.31. The summed E-state index contributed by atoms with van der Waals surface area (Å²) in [5.74, 6) is 0.873. The van der Waals surface area contributed by atoms with E-state index in [0.717, 1.165) is 41.3 Å². The summed E-state index contributed by atoms with van der Waals surface area (Å²) >= 11 is 6.46. The lowest BCUT2D eigenvalue weighted by Gasteiger charge is -2.31. The summed E-state index contributed by atoms with van der Waals surface area (Å²) in [5, 5.41) is 10.8. The molecule has 0 aliphatic carbocycles. The first-order valence-electron chi connectivity index (χ1n) is 10.0. The minimum absolute atomic E-state index is 0.0608. The van der Waals surface area contributed by atoms with Gasteiger partial charge in [-0.05, 0) is 54.7 Å². The second kappa shape index (κ2) is 8.83. The van der Waals surface area contributed by atoms with E-state index in [2.05, 4.69) is 18.2 Å². The number of halogens is 1. The Morgan fingerprint density at radius 3 is 2.68 bits per heavy atom. The van der Waals surface area contributed by atoms with Gasteiger partial charge in [0.15, 0.2) is 0 Å². The van der Waals surface area contributed by atoms with Gasteiger partial charge in [0.25, 0.3) is 0 Å². The van der Waals surface area contributed by atoms with Crippen molar-refractivity contribution < 1.29 is 19.3 Å². The third-order valence-corrected chi connectivity index (χ3v) is 5.81. The van der Waals surface area contributed by atoms with Crippen LogP contribution in [0.25, 0.3) is 0 Å². The highest BCUT2D eigenvalue weighted by atomic mass is 35.5. The topological polar surface area (TPSA) is 47.9 Å². The van der Waals surface area contributed by atoms with Gasteiger partial charge in [0, 0.05) is 17.9 Å². The summed E-state index contributed by atoms with van der Waals surface area (Å²) in [7, 11) is 0. The normalized spacial score (nSPS) is 27.7. The van der Waals surface area contributed by atoms with Gasteiger partial charge >= 0.3 is 0 Å². The van der Waals surface area contributed by atoms with E-state index in [-0.39, 0.29) is 24.4 Å². The number of aliphatic hydroxyl groups is 1. The lowest BCUT2D eigenvalue weighted by molar-refractivity contribution is -0.0895. The first-order valence-corrected chi connectivity index (χ1v) is 10.4. The fourth-order valence-corrected chi connectivity index (χ4v) is 4.15. The number of rotatable bonds is 5. The molecule has 0 saturated carbocycles. The maximum absolute atomic E-state index is 10.1. The summed E-state index contributed by atoms with van der Waals surface area (Å²) in [6, 6.07) is 14.2. The van der Waals surface area contributed by atoms with Crippen LogP contribution in [0.1, 0.15) is 49.0 Å². The van der Waals surface area contributed by atoms with Gasteiger partial charge < -0.3 is 19.3 Å². The number of benzene rings is 2. The summed E-state index contributed by atoms with van der Waals surface area (Å²) in [4.78, 5) is 0. The Bertz CT molecular complexity index is 776. The van der Waals surface area contributed by atoms with E-state index >= 15 is 0 Å². The highest BCUT2D eigenvalue weighted by Crippen LogP contribution is 2.33. The first kappa shape index (κ1) is 19.7. The maximum atomic E-state index is 10.1. The summed E-state index contributed by atoms with van der Waals surface area (Å²) in [6.45, 7) is 3.45. The minimum Gasteiger partial charge on any atom is -0.488 e. The molecule has 150 valence electrons. The van der Waals surface area contributed by atoms with Gasteiger partial charge in [0.05, 0.1) is 31.5 Å². The molecule has 2 saturated heterocycles. The predicted molar refractivity (Wildman–Crippen MR) is 109 cm³/mol. The summed E-state index contributed by atoms with van der Waals surface area (Å²) in [6.07, 6.45) is 2.83. The van der Waals surface area contributed by atoms with E-state index in [1.54, 1.807) is 0 Å². The third-order valence-electron chi connectivity index (χ3n) is 5.44. The molecule has 0 spiro atoms. The minimum atomic E-state index is -0.314. The molecule has 2 aliphatic rings. The van der Waals surface area contributed by atoms with Crippen LogP contribution in [0.3, 0.4) is 0 Å². The van der Waals surface area contributed by atoms with Crippen molar-refractivity contribution in [3.05, 3.63) is 64.2 Å². The zero-order chi connectivity index (χ0) is 19.5. The lowest BCUT2D eigenvalue weighted by Crippen LogP contribution is -2.29. The van der Waals surface area contributed by atoms with Gasteiger partial charge in [-0.1, -0.05) is 35.9 Å². The van der Waals surface area contributed by atoms with E-state index in [0.29, 0.717) is 19.4 Å². The lowest BCUT2D eigenvalue weighted by atomic mass is 9.94. The predicted octanol–water partition coefficient (Wildman–Crippen LogP) is 4.70. The third kappa shape index (κ3) is 4.87. The van der Waals surface area contributed by atoms with E-state index in [1.807, 2.05) is 31.2 Å². The molecule has 1 N–H and O–H groups in total. The Kier molecular flexibility index (Phi) is 6.22. The Balaban J connectivity index is 1.45. The Labute approximate surface area is 171 Å². The van der Waals surface area contributed by atoms with Crippen LogP contribution in [-0.2, 0) is 15.9 Å².